The molecule has 1 aliphatic heterocycles. The maximum atomic E-state index is 5.88. The van der Waals surface area contributed by atoms with Gasteiger partial charge in [-0.25, -0.2) is 0 Å². The highest BCUT2D eigenvalue weighted by molar-refractivity contribution is 6.30. The number of hydrogen-bond acceptors (Lipinski definition) is 2. The van der Waals surface area contributed by atoms with E-state index in [-0.39, 0.29) is 6.10 Å². The van der Waals surface area contributed by atoms with E-state index in [1.165, 1.54) is 0 Å². The molecule has 0 bridgehead atoms. The van der Waals surface area contributed by atoms with Gasteiger partial charge in [-0.2, -0.15) is 0 Å². The van der Waals surface area contributed by atoms with E-state index in [0.29, 0.717) is 6.61 Å². The lowest BCUT2D eigenvalue weighted by molar-refractivity contribution is 0.329. The van der Waals surface area contributed by atoms with Crippen LogP contribution in [0.4, 0.5) is 0 Å². The number of hydrogen-bond donors (Lipinski definition) is 0. The third-order valence-corrected chi connectivity index (χ3v) is 2.19. The average molecular weight is 199 g/mol. The number of halogens is 1. The van der Waals surface area contributed by atoms with Crippen LogP contribution in [-0.2, 0) is 4.74 Å². The molecule has 0 amide bonds. The summed E-state index contributed by atoms with van der Waals surface area (Å²) in [5.41, 5.74) is 1.06. The molecule has 0 unspecified atom stereocenters. The molecule has 13 heavy (non-hydrogen) atoms. The Kier molecular flexibility index (Phi) is 2.42. The van der Waals surface area contributed by atoms with Crippen molar-refractivity contribution in [2.75, 3.05) is 13.2 Å². The molecule has 0 aliphatic carbocycles. The Hall–Kier alpha value is -0.730. The van der Waals surface area contributed by atoms with Crippen LogP contribution >= 0.6 is 11.6 Å². The fourth-order valence-electron chi connectivity index (χ4n) is 1.29. The van der Waals surface area contributed by atoms with Crippen LogP contribution in [0.3, 0.4) is 0 Å². The first-order chi connectivity index (χ1) is 6.31. The maximum absolute atomic E-state index is 5.88. The predicted octanol–water partition coefficient (Wildman–Crippen LogP) is 2.81. The minimum atomic E-state index is 0.195. The highest BCUT2D eigenvalue weighted by atomic mass is 35.5. The Morgan fingerprint density at radius 1 is 1.62 bits per heavy atom. The molecule has 0 spiro atoms. The highest BCUT2D eigenvalue weighted by Crippen LogP contribution is 2.37. The topological polar surface area (TPSA) is 21.8 Å². The van der Waals surface area contributed by atoms with E-state index in [9.17, 15) is 0 Å². The van der Waals surface area contributed by atoms with Gasteiger partial charge < -0.3 is 9.47 Å². The van der Waals surface area contributed by atoms with Gasteiger partial charge in [0, 0.05) is 10.6 Å². The second-order valence-electron chi connectivity index (χ2n) is 2.94. The lowest BCUT2D eigenvalue weighted by Gasteiger charge is -2.07. The van der Waals surface area contributed by atoms with Gasteiger partial charge in [0.25, 0.3) is 0 Å². The molecule has 0 saturated carbocycles. The van der Waals surface area contributed by atoms with E-state index < -0.39 is 0 Å². The van der Waals surface area contributed by atoms with Crippen LogP contribution in [0.25, 0.3) is 0 Å². The molecule has 0 N–H and O–H groups in total. The molecule has 1 aromatic rings. The summed E-state index contributed by atoms with van der Waals surface area (Å²) in [6.07, 6.45) is 0.195. The Balaban J connectivity index is 2.30. The molecule has 1 atom stereocenters. The van der Waals surface area contributed by atoms with Gasteiger partial charge in [0.05, 0.1) is 13.2 Å². The number of ether oxygens (including phenoxy) is 2. The molecule has 2 rings (SSSR count). The lowest BCUT2D eigenvalue weighted by atomic mass is 10.1. The minimum absolute atomic E-state index is 0.195. The van der Waals surface area contributed by atoms with Gasteiger partial charge in [0.1, 0.15) is 11.9 Å². The highest BCUT2D eigenvalue weighted by Gasteiger charge is 2.28. The quantitative estimate of drug-likeness (QED) is 0.697. The van der Waals surface area contributed by atoms with Crippen molar-refractivity contribution in [2.45, 2.75) is 13.0 Å². The Labute approximate surface area is 82.4 Å². The lowest BCUT2D eigenvalue weighted by Crippen LogP contribution is -1.95. The standard InChI is InChI=1S/C10H11ClO2/c1-2-12-9-4-3-7(11)5-8(9)10-6-13-10/h3-5,10H,2,6H2,1H3/t10-/m1/s1. The third-order valence-electron chi connectivity index (χ3n) is 1.95. The van der Waals surface area contributed by atoms with Crippen LogP contribution in [0, 0.1) is 0 Å². The smallest absolute Gasteiger partial charge is 0.125 e. The summed E-state index contributed by atoms with van der Waals surface area (Å²) in [5, 5.41) is 0.731. The number of benzene rings is 1. The zero-order chi connectivity index (χ0) is 9.26. The molecule has 1 aromatic carbocycles. The molecule has 70 valence electrons. The second kappa shape index (κ2) is 3.56. The molecule has 2 nitrogen and oxygen atoms in total. The van der Waals surface area contributed by atoms with Crippen molar-refractivity contribution in [1.82, 2.24) is 0 Å². The van der Waals surface area contributed by atoms with Gasteiger partial charge in [-0.1, -0.05) is 11.6 Å². The zero-order valence-corrected chi connectivity index (χ0v) is 8.17. The van der Waals surface area contributed by atoms with Crippen LogP contribution in [-0.4, -0.2) is 13.2 Å². The zero-order valence-electron chi connectivity index (χ0n) is 7.42. The predicted molar refractivity (Wildman–Crippen MR) is 51.3 cm³/mol. The Bertz CT molecular complexity index is 308. The average Bonchev–Trinajstić information content (AvgIpc) is 2.91. The summed E-state index contributed by atoms with van der Waals surface area (Å²) < 4.78 is 10.7. The van der Waals surface area contributed by atoms with Crippen molar-refractivity contribution in [3.05, 3.63) is 28.8 Å². The van der Waals surface area contributed by atoms with Crippen LogP contribution in [0.1, 0.15) is 18.6 Å². The van der Waals surface area contributed by atoms with Crippen molar-refractivity contribution < 1.29 is 9.47 Å². The van der Waals surface area contributed by atoms with E-state index >= 15 is 0 Å². The van der Waals surface area contributed by atoms with Gasteiger partial charge in [0.2, 0.25) is 0 Å². The van der Waals surface area contributed by atoms with Crippen molar-refractivity contribution in [2.24, 2.45) is 0 Å². The van der Waals surface area contributed by atoms with Crippen LogP contribution < -0.4 is 4.74 Å². The normalized spacial score (nSPS) is 20.0. The summed E-state index contributed by atoms with van der Waals surface area (Å²) >= 11 is 5.88. The van der Waals surface area contributed by atoms with Crippen molar-refractivity contribution in [3.63, 3.8) is 0 Å². The molecular formula is C10H11ClO2. The summed E-state index contributed by atoms with van der Waals surface area (Å²) in [7, 11) is 0. The van der Waals surface area contributed by atoms with Gasteiger partial charge >= 0.3 is 0 Å². The monoisotopic (exact) mass is 198 g/mol. The number of epoxide rings is 1. The molecule has 1 saturated heterocycles. The second-order valence-corrected chi connectivity index (χ2v) is 3.37. The fraction of sp³-hybridized carbons (Fsp3) is 0.400. The van der Waals surface area contributed by atoms with Gasteiger partial charge in [-0.3, -0.25) is 0 Å². The summed E-state index contributed by atoms with van der Waals surface area (Å²) in [6, 6.07) is 5.63. The van der Waals surface area contributed by atoms with Crippen LogP contribution in [0.5, 0.6) is 5.75 Å². The molecule has 0 aromatic heterocycles. The van der Waals surface area contributed by atoms with Crippen molar-refractivity contribution >= 4 is 11.6 Å². The summed E-state index contributed by atoms with van der Waals surface area (Å²) in [6.45, 7) is 3.41. The number of rotatable bonds is 3. The molecule has 1 aliphatic rings. The SMILES string of the molecule is CCOc1ccc(Cl)cc1[C@H]1CO1. The third kappa shape index (κ3) is 1.95. The van der Waals surface area contributed by atoms with E-state index in [1.54, 1.807) is 0 Å². The largest absolute Gasteiger partial charge is 0.493 e. The van der Waals surface area contributed by atoms with E-state index in [1.807, 2.05) is 25.1 Å². The van der Waals surface area contributed by atoms with Gasteiger partial charge in [0.15, 0.2) is 0 Å². The molecule has 3 heteroatoms. The maximum Gasteiger partial charge on any atom is 0.125 e. The van der Waals surface area contributed by atoms with Gasteiger partial charge in [-0.15, -0.1) is 0 Å². The van der Waals surface area contributed by atoms with Crippen molar-refractivity contribution in [3.8, 4) is 5.75 Å². The first-order valence-electron chi connectivity index (χ1n) is 4.35. The van der Waals surface area contributed by atoms with E-state index in [4.69, 9.17) is 21.1 Å². The molecule has 1 heterocycles. The Morgan fingerprint density at radius 3 is 3.00 bits per heavy atom. The fourth-order valence-corrected chi connectivity index (χ4v) is 1.47. The van der Waals surface area contributed by atoms with Crippen LogP contribution in [0.2, 0.25) is 5.02 Å². The molecule has 1 fully saturated rings. The van der Waals surface area contributed by atoms with Crippen molar-refractivity contribution in [1.29, 1.82) is 0 Å². The Morgan fingerprint density at radius 2 is 2.38 bits per heavy atom. The first-order valence-corrected chi connectivity index (χ1v) is 4.73. The van der Waals surface area contributed by atoms with E-state index in [0.717, 1.165) is 22.9 Å². The van der Waals surface area contributed by atoms with Crippen LogP contribution in [0.15, 0.2) is 18.2 Å². The minimum Gasteiger partial charge on any atom is -0.493 e. The summed E-state index contributed by atoms with van der Waals surface area (Å²) in [5.74, 6) is 0.884. The molecular weight excluding hydrogens is 188 g/mol. The summed E-state index contributed by atoms with van der Waals surface area (Å²) in [4.78, 5) is 0. The molecule has 0 radical (unpaired) electrons. The van der Waals surface area contributed by atoms with E-state index in [2.05, 4.69) is 0 Å². The first kappa shape index (κ1) is 8.85. The van der Waals surface area contributed by atoms with Gasteiger partial charge in [-0.05, 0) is 25.1 Å².